The number of nitrogens with one attached hydrogen (secondary N) is 1. The number of carbonyl (C=O) groups is 3. The van der Waals surface area contributed by atoms with Crippen molar-refractivity contribution in [1.82, 2.24) is 10.2 Å². The van der Waals surface area contributed by atoms with E-state index >= 15 is 0 Å². The van der Waals surface area contributed by atoms with Crippen LogP contribution in [0.1, 0.15) is 32.3 Å². The van der Waals surface area contributed by atoms with E-state index in [4.69, 9.17) is 4.74 Å². The number of carbonyl (C=O) groups excluding carboxylic acids is 3. The molecule has 3 amide bonds. The van der Waals surface area contributed by atoms with Crippen molar-refractivity contribution in [1.29, 1.82) is 0 Å². The maximum Gasteiger partial charge on any atom is 0.325 e. The van der Waals surface area contributed by atoms with Crippen LogP contribution in [0.3, 0.4) is 0 Å². The predicted molar refractivity (Wildman–Crippen MR) is 97.4 cm³/mol. The van der Waals surface area contributed by atoms with Gasteiger partial charge in [0, 0.05) is 13.0 Å². The van der Waals surface area contributed by atoms with E-state index in [0.29, 0.717) is 13.0 Å². The van der Waals surface area contributed by atoms with E-state index in [1.807, 2.05) is 42.5 Å². The van der Waals surface area contributed by atoms with Crippen LogP contribution in [-0.2, 0) is 19.9 Å². The fraction of sp³-hybridized carbons (Fsp3) is 0.350. The van der Waals surface area contributed by atoms with Crippen LogP contribution in [0.2, 0.25) is 0 Å². The zero-order valence-corrected chi connectivity index (χ0v) is 15.0. The van der Waals surface area contributed by atoms with Gasteiger partial charge in [-0.3, -0.25) is 14.5 Å². The Hall–Kier alpha value is -2.89. The largest absolute Gasteiger partial charge is 0.466 e. The summed E-state index contributed by atoms with van der Waals surface area (Å²) in [6.45, 7) is 3.97. The number of imide groups is 1. The van der Waals surface area contributed by atoms with Crippen molar-refractivity contribution in [3.8, 4) is 0 Å². The second-order valence-electron chi connectivity index (χ2n) is 6.45. The molecule has 2 aromatic carbocycles. The lowest BCUT2D eigenvalue weighted by atomic mass is 9.88. The summed E-state index contributed by atoms with van der Waals surface area (Å²) >= 11 is 0. The van der Waals surface area contributed by atoms with Crippen LogP contribution in [0.15, 0.2) is 42.5 Å². The molecule has 0 saturated carbocycles. The lowest BCUT2D eigenvalue weighted by Gasteiger charge is -2.24. The highest BCUT2D eigenvalue weighted by molar-refractivity contribution is 6.09. The first kappa shape index (κ1) is 17.9. The first-order chi connectivity index (χ1) is 12.5. The van der Waals surface area contributed by atoms with Crippen molar-refractivity contribution in [3.05, 3.63) is 48.0 Å². The van der Waals surface area contributed by atoms with Gasteiger partial charge >= 0.3 is 12.0 Å². The summed E-state index contributed by atoms with van der Waals surface area (Å²) in [6.07, 6.45) is 0.555. The number of amides is 3. The quantitative estimate of drug-likeness (QED) is 0.639. The van der Waals surface area contributed by atoms with Gasteiger partial charge in [0.05, 0.1) is 6.61 Å². The van der Waals surface area contributed by atoms with Gasteiger partial charge in [0.15, 0.2) is 0 Å². The van der Waals surface area contributed by atoms with Crippen molar-refractivity contribution in [2.75, 3.05) is 13.2 Å². The number of nitrogens with zero attached hydrogens (tertiary/aromatic N) is 1. The van der Waals surface area contributed by atoms with Crippen LogP contribution in [0.25, 0.3) is 10.8 Å². The molecule has 1 unspecified atom stereocenters. The molecule has 1 fully saturated rings. The van der Waals surface area contributed by atoms with Crippen molar-refractivity contribution in [3.63, 3.8) is 0 Å². The molecule has 6 nitrogen and oxygen atoms in total. The summed E-state index contributed by atoms with van der Waals surface area (Å²) in [4.78, 5) is 38.0. The van der Waals surface area contributed by atoms with Crippen LogP contribution in [-0.4, -0.2) is 36.0 Å². The average Bonchev–Trinajstić information content (AvgIpc) is 2.85. The third kappa shape index (κ3) is 3.14. The second-order valence-corrected chi connectivity index (χ2v) is 6.45. The molecule has 26 heavy (non-hydrogen) atoms. The van der Waals surface area contributed by atoms with Gasteiger partial charge in [0.25, 0.3) is 5.91 Å². The van der Waals surface area contributed by atoms with E-state index in [0.717, 1.165) is 16.3 Å². The van der Waals surface area contributed by atoms with E-state index in [2.05, 4.69) is 5.32 Å². The van der Waals surface area contributed by atoms with E-state index in [1.54, 1.807) is 13.8 Å². The molecule has 0 aromatic heterocycles. The minimum Gasteiger partial charge on any atom is -0.466 e. The molecule has 2 aromatic rings. The molecule has 136 valence electrons. The van der Waals surface area contributed by atoms with E-state index in [-0.39, 0.29) is 24.8 Å². The van der Waals surface area contributed by atoms with Gasteiger partial charge in [0.1, 0.15) is 5.54 Å². The Morgan fingerprint density at radius 3 is 2.65 bits per heavy atom. The predicted octanol–water partition coefficient (Wildman–Crippen LogP) is 2.95. The number of fused-ring (bicyclic) bond motifs is 1. The summed E-state index contributed by atoms with van der Waals surface area (Å²) in [7, 11) is 0. The highest BCUT2D eigenvalue weighted by atomic mass is 16.5. The number of rotatable bonds is 6. The van der Waals surface area contributed by atoms with E-state index in [1.165, 1.54) is 4.90 Å². The number of esters is 1. The third-order valence-corrected chi connectivity index (χ3v) is 4.67. The summed E-state index contributed by atoms with van der Waals surface area (Å²) in [5.74, 6) is -0.626. The number of hydrogen-bond acceptors (Lipinski definition) is 4. The monoisotopic (exact) mass is 354 g/mol. The van der Waals surface area contributed by atoms with Crippen LogP contribution in [0.4, 0.5) is 4.79 Å². The Morgan fingerprint density at radius 1 is 1.15 bits per heavy atom. The molecule has 1 aliphatic heterocycles. The molecule has 1 aliphatic rings. The Morgan fingerprint density at radius 2 is 1.88 bits per heavy atom. The van der Waals surface area contributed by atoms with Gasteiger partial charge in [-0.25, -0.2) is 4.79 Å². The topological polar surface area (TPSA) is 75.7 Å². The molecular formula is C20H22N2O4. The van der Waals surface area contributed by atoms with E-state index in [9.17, 15) is 14.4 Å². The Kier molecular flexibility index (Phi) is 4.93. The Balaban J connectivity index is 1.82. The van der Waals surface area contributed by atoms with Crippen LogP contribution < -0.4 is 5.32 Å². The molecule has 1 heterocycles. The fourth-order valence-corrected chi connectivity index (χ4v) is 3.36. The number of benzene rings is 2. The maximum atomic E-state index is 13.0. The van der Waals surface area contributed by atoms with Gasteiger partial charge in [-0.1, -0.05) is 42.5 Å². The zero-order chi connectivity index (χ0) is 18.7. The first-order valence-electron chi connectivity index (χ1n) is 8.75. The van der Waals surface area contributed by atoms with Gasteiger partial charge in [-0.2, -0.15) is 0 Å². The Labute approximate surface area is 152 Å². The number of hydrogen-bond donors (Lipinski definition) is 1. The molecular weight excluding hydrogens is 332 g/mol. The number of urea groups is 1. The Bertz CT molecular complexity index is 859. The van der Waals surface area contributed by atoms with E-state index < -0.39 is 11.6 Å². The van der Waals surface area contributed by atoms with Crippen molar-refractivity contribution < 1.29 is 19.1 Å². The van der Waals surface area contributed by atoms with Gasteiger partial charge < -0.3 is 10.1 Å². The lowest BCUT2D eigenvalue weighted by molar-refractivity contribution is -0.143. The molecule has 1 saturated heterocycles. The van der Waals surface area contributed by atoms with Gasteiger partial charge in [0.2, 0.25) is 0 Å². The summed E-state index contributed by atoms with van der Waals surface area (Å²) < 4.78 is 4.88. The van der Waals surface area contributed by atoms with Crippen LogP contribution in [0.5, 0.6) is 0 Å². The molecule has 0 spiro atoms. The molecule has 0 radical (unpaired) electrons. The molecule has 0 aliphatic carbocycles. The molecule has 1 N–H and O–H groups in total. The van der Waals surface area contributed by atoms with Crippen molar-refractivity contribution >= 4 is 28.7 Å². The molecule has 6 heteroatoms. The van der Waals surface area contributed by atoms with Crippen molar-refractivity contribution in [2.24, 2.45) is 0 Å². The highest BCUT2D eigenvalue weighted by Crippen LogP contribution is 2.33. The minimum atomic E-state index is -1.12. The molecule has 1 atom stereocenters. The summed E-state index contributed by atoms with van der Waals surface area (Å²) in [6, 6.07) is 13.0. The lowest BCUT2D eigenvalue weighted by Crippen LogP contribution is -2.41. The van der Waals surface area contributed by atoms with Crippen molar-refractivity contribution in [2.45, 2.75) is 32.2 Å². The maximum absolute atomic E-state index is 13.0. The fourth-order valence-electron chi connectivity index (χ4n) is 3.36. The summed E-state index contributed by atoms with van der Waals surface area (Å²) in [5, 5.41) is 4.76. The number of ether oxygens (including phenoxy) is 1. The normalized spacial score (nSPS) is 19.7. The van der Waals surface area contributed by atoms with Gasteiger partial charge in [-0.05, 0) is 36.6 Å². The van der Waals surface area contributed by atoms with Gasteiger partial charge in [-0.15, -0.1) is 0 Å². The molecule has 0 bridgehead atoms. The minimum absolute atomic E-state index is 0.176. The SMILES string of the molecule is CCOC(=O)CCCN1C(=O)NC(C)(c2cccc3ccccc23)C1=O. The smallest absolute Gasteiger partial charge is 0.325 e. The first-order valence-corrected chi connectivity index (χ1v) is 8.75. The molecule has 3 rings (SSSR count). The van der Waals surface area contributed by atoms with Crippen LogP contribution >= 0.6 is 0 Å². The third-order valence-electron chi connectivity index (χ3n) is 4.67. The highest BCUT2D eigenvalue weighted by Gasteiger charge is 2.49. The second kappa shape index (κ2) is 7.15. The summed E-state index contributed by atoms with van der Waals surface area (Å²) in [5.41, 5.74) is -0.358. The standard InChI is InChI=1S/C20H22N2O4/c1-3-26-17(23)12-7-13-22-18(24)20(2,21-19(22)25)16-11-6-9-14-8-4-5-10-15(14)16/h4-6,8-11H,3,7,12-13H2,1-2H3,(H,21,25). The zero-order valence-electron chi connectivity index (χ0n) is 15.0. The average molecular weight is 354 g/mol. The van der Waals surface area contributed by atoms with Crippen LogP contribution in [0, 0.1) is 0 Å².